The zero-order chi connectivity index (χ0) is 14.7. The van der Waals surface area contributed by atoms with Crippen LogP contribution < -0.4 is 10.6 Å². The van der Waals surface area contributed by atoms with Gasteiger partial charge in [0.1, 0.15) is 6.04 Å². The number of nitrogens with one attached hydrogen (secondary N) is 2. The number of carboxylic acids is 1. The molecule has 0 spiro atoms. The number of rotatable bonds is 10. The van der Waals surface area contributed by atoms with E-state index >= 15 is 0 Å². The predicted molar refractivity (Wildman–Crippen MR) is 72.1 cm³/mol. The Morgan fingerprint density at radius 1 is 1.37 bits per heavy atom. The second kappa shape index (κ2) is 10.6. The van der Waals surface area contributed by atoms with E-state index in [0.29, 0.717) is 13.2 Å². The van der Waals surface area contributed by atoms with Crippen molar-refractivity contribution in [2.45, 2.75) is 19.4 Å². The minimum Gasteiger partial charge on any atom is -0.480 e. The molecule has 1 atom stereocenters. The number of carboxylic acid groups (broad SMARTS) is 1. The van der Waals surface area contributed by atoms with Crippen LogP contribution in [-0.4, -0.2) is 60.7 Å². The predicted octanol–water partition coefficient (Wildman–Crippen LogP) is -0.538. The van der Waals surface area contributed by atoms with Gasteiger partial charge in [-0.25, -0.2) is 4.79 Å². The minimum absolute atomic E-state index is 0.153. The van der Waals surface area contributed by atoms with Crippen LogP contribution in [0.25, 0.3) is 0 Å². The minimum atomic E-state index is -1.11. The van der Waals surface area contributed by atoms with Crippen LogP contribution in [0.15, 0.2) is 0 Å². The Bertz CT molecular complexity index is 311. The van der Waals surface area contributed by atoms with Crippen LogP contribution in [0, 0.1) is 0 Å². The first-order valence-corrected chi connectivity index (χ1v) is 6.96. The molecule has 7 nitrogen and oxygen atoms in total. The van der Waals surface area contributed by atoms with E-state index in [0.717, 1.165) is 18.2 Å². The van der Waals surface area contributed by atoms with E-state index in [1.165, 1.54) is 6.92 Å². The number of amides is 2. The van der Waals surface area contributed by atoms with Crippen LogP contribution in [0.4, 0.5) is 0 Å². The van der Waals surface area contributed by atoms with Gasteiger partial charge in [-0.1, -0.05) is 0 Å². The summed E-state index contributed by atoms with van der Waals surface area (Å²) in [6, 6.07) is -0.969. The molecule has 0 aliphatic rings. The van der Waals surface area contributed by atoms with Crippen LogP contribution in [0.3, 0.4) is 0 Å². The Hall–Kier alpha value is -1.28. The van der Waals surface area contributed by atoms with E-state index in [4.69, 9.17) is 9.84 Å². The first-order chi connectivity index (χ1) is 8.97. The molecular weight excluding hydrogens is 272 g/mol. The molecule has 0 heterocycles. The molecule has 0 rings (SSSR count). The van der Waals surface area contributed by atoms with Crippen molar-refractivity contribution in [3.8, 4) is 0 Å². The number of methoxy groups -OCH3 is 1. The highest BCUT2D eigenvalue weighted by atomic mass is 32.2. The van der Waals surface area contributed by atoms with Gasteiger partial charge < -0.3 is 20.5 Å². The highest BCUT2D eigenvalue weighted by molar-refractivity contribution is 8.00. The first kappa shape index (κ1) is 17.7. The normalized spacial score (nSPS) is 11.7. The van der Waals surface area contributed by atoms with E-state index in [2.05, 4.69) is 10.6 Å². The van der Waals surface area contributed by atoms with Crippen molar-refractivity contribution in [3.05, 3.63) is 0 Å². The summed E-state index contributed by atoms with van der Waals surface area (Å²) in [4.78, 5) is 33.0. The molecule has 2 amide bonds. The fraction of sp³-hybridized carbons (Fsp3) is 0.727. The standard InChI is InChI=1S/C11H20N2O5S/c1-8(14)13-9(11(16)17)6-19-7-10(15)12-4-3-5-18-2/h9H,3-7H2,1-2H3,(H,12,15)(H,13,14)(H,16,17)/t9-/m0/s1. The van der Waals surface area contributed by atoms with Gasteiger partial charge in [0.2, 0.25) is 11.8 Å². The molecule has 0 saturated heterocycles. The quantitative estimate of drug-likeness (QED) is 0.467. The molecule has 19 heavy (non-hydrogen) atoms. The van der Waals surface area contributed by atoms with Gasteiger partial charge in [0.25, 0.3) is 0 Å². The summed E-state index contributed by atoms with van der Waals surface area (Å²) < 4.78 is 4.84. The van der Waals surface area contributed by atoms with Crippen LogP contribution >= 0.6 is 11.8 Å². The van der Waals surface area contributed by atoms with Gasteiger partial charge in [-0.05, 0) is 6.42 Å². The lowest BCUT2D eigenvalue weighted by Gasteiger charge is -2.12. The Morgan fingerprint density at radius 2 is 2.05 bits per heavy atom. The van der Waals surface area contributed by atoms with Gasteiger partial charge in [-0.15, -0.1) is 11.8 Å². The summed E-state index contributed by atoms with van der Waals surface area (Å²) in [6.45, 7) is 2.36. The summed E-state index contributed by atoms with van der Waals surface area (Å²) in [6.07, 6.45) is 0.733. The second-order valence-electron chi connectivity index (χ2n) is 3.80. The average Bonchev–Trinajstić information content (AvgIpc) is 2.33. The first-order valence-electron chi connectivity index (χ1n) is 5.80. The zero-order valence-electron chi connectivity index (χ0n) is 11.1. The lowest BCUT2D eigenvalue weighted by Crippen LogP contribution is -2.41. The lowest BCUT2D eigenvalue weighted by atomic mass is 10.3. The van der Waals surface area contributed by atoms with Crippen molar-refractivity contribution in [1.29, 1.82) is 0 Å². The highest BCUT2D eigenvalue weighted by Crippen LogP contribution is 2.03. The van der Waals surface area contributed by atoms with Crippen molar-refractivity contribution >= 4 is 29.5 Å². The topological polar surface area (TPSA) is 105 Å². The molecule has 0 aromatic rings. The zero-order valence-corrected chi connectivity index (χ0v) is 11.9. The number of carbonyl (C=O) groups is 3. The smallest absolute Gasteiger partial charge is 0.327 e. The molecule has 0 fully saturated rings. The molecule has 0 bridgehead atoms. The highest BCUT2D eigenvalue weighted by Gasteiger charge is 2.18. The van der Waals surface area contributed by atoms with Crippen molar-refractivity contribution in [2.75, 3.05) is 31.8 Å². The Kier molecular flexibility index (Phi) is 9.91. The van der Waals surface area contributed by atoms with Crippen LogP contribution in [-0.2, 0) is 19.1 Å². The number of hydrogen-bond donors (Lipinski definition) is 3. The van der Waals surface area contributed by atoms with E-state index in [-0.39, 0.29) is 17.4 Å². The Labute approximate surface area is 116 Å². The van der Waals surface area contributed by atoms with E-state index in [1.807, 2.05) is 0 Å². The van der Waals surface area contributed by atoms with E-state index in [1.54, 1.807) is 7.11 Å². The molecule has 0 aromatic heterocycles. The van der Waals surface area contributed by atoms with Gasteiger partial charge in [0.15, 0.2) is 0 Å². The fourth-order valence-electron chi connectivity index (χ4n) is 1.18. The van der Waals surface area contributed by atoms with Gasteiger partial charge in [0, 0.05) is 32.9 Å². The Balaban J connectivity index is 3.76. The largest absolute Gasteiger partial charge is 0.480 e. The number of thioether (sulfide) groups is 1. The van der Waals surface area contributed by atoms with Gasteiger partial charge in [-0.3, -0.25) is 9.59 Å². The summed E-state index contributed by atoms with van der Waals surface area (Å²) in [5.74, 6) is -1.36. The number of hydrogen-bond acceptors (Lipinski definition) is 5. The van der Waals surface area contributed by atoms with Gasteiger partial charge in [0.05, 0.1) is 5.75 Å². The molecule has 0 saturated carbocycles. The van der Waals surface area contributed by atoms with Gasteiger partial charge in [-0.2, -0.15) is 0 Å². The molecule has 3 N–H and O–H groups in total. The average molecular weight is 292 g/mol. The third-order valence-electron chi connectivity index (χ3n) is 2.04. The molecule has 0 aromatic carbocycles. The third kappa shape index (κ3) is 10.3. The maximum Gasteiger partial charge on any atom is 0.327 e. The van der Waals surface area contributed by atoms with Crippen molar-refractivity contribution in [3.63, 3.8) is 0 Å². The summed E-state index contributed by atoms with van der Waals surface area (Å²) in [7, 11) is 1.59. The monoisotopic (exact) mass is 292 g/mol. The van der Waals surface area contributed by atoms with Crippen LogP contribution in [0.5, 0.6) is 0 Å². The molecular formula is C11H20N2O5S. The van der Waals surface area contributed by atoms with E-state index in [9.17, 15) is 14.4 Å². The molecule has 0 unspecified atom stereocenters. The number of ether oxygens (including phenoxy) is 1. The molecule has 0 aliphatic carbocycles. The summed E-state index contributed by atoms with van der Waals surface area (Å²) in [5, 5.41) is 13.8. The van der Waals surface area contributed by atoms with E-state index < -0.39 is 17.9 Å². The Morgan fingerprint density at radius 3 is 2.58 bits per heavy atom. The van der Waals surface area contributed by atoms with Crippen molar-refractivity contribution in [2.24, 2.45) is 0 Å². The maximum absolute atomic E-state index is 11.4. The van der Waals surface area contributed by atoms with Crippen molar-refractivity contribution < 1.29 is 24.2 Å². The third-order valence-corrected chi connectivity index (χ3v) is 3.08. The second-order valence-corrected chi connectivity index (χ2v) is 4.83. The summed E-state index contributed by atoms with van der Waals surface area (Å²) in [5.41, 5.74) is 0. The molecule has 0 aliphatic heterocycles. The van der Waals surface area contributed by atoms with Crippen molar-refractivity contribution in [1.82, 2.24) is 10.6 Å². The molecule has 110 valence electrons. The fourth-order valence-corrected chi connectivity index (χ4v) is 2.05. The molecule has 0 radical (unpaired) electrons. The number of aliphatic carboxylic acids is 1. The van der Waals surface area contributed by atoms with Crippen LogP contribution in [0.1, 0.15) is 13.3 Å². The van der Waals surface area contributed by atoms with Crippen LogP contribution in [0.2, 0.25) is 0 Å². The number of carbonyl (C=O) groups excluding carboxylic acids is 2. The van der Waals surface area contributed by atoms with Gasteiger partial charge >= 0.3 is 5.97 Å². The summed E-state index contributed by atoms with van der Waals surface area (Å²) >= 11 is 1.16. The SMILES string of the molecule is COCCCNC(=O)CSC[C@H](NC(C)=O)C(=O)O. The lowest BCUT2D eigenvalue weighted by molar-refractivity contribution is -0.140. The molecule has 8 heteroatoms. The maximum atomic E-state index is 11.4.